The van der Waals surface area contributed by atoms with Crippen LogP contribution in [-0.4, -0.2) is 47.7 Å². The molecule has 1 aliphatic carbocycles. The van der Waals surface area contributed by atoms with E-state index in [1.54, 1.807) is 23.0 Å². The molecular formula is C26H24FN9O2. The highest BCUT2D eigenvalue weighted by Crippen LogP contribution is 2.33. The van der Waals surface area contributed by atoms with Crippen LogP contribution in [0.4, 0.5) is 15.9 Å². The van der Waals surface area contributed by atoms with Crippen LogP contribution in [0.5, 0.6) is 5.75 Å². The highest BCUT2D eigenvalue weighted by molar-refractivity contribution is 5.86. The summed E-state index contributed by atoms with van der Waals surface area (Å²) >= 11 is 0. The number of nitrogens with zero attached hydrogens (tertiary/aromatic N) is 8. The molecule has 2 N–H and O–H groups in total. The maximum atomic E-state index is 13.6. The topological polar surface area (TPSA) is 138 Å². The Kier molecular flexibility index (Phi) is 6.24. The molecule has 0 aliphatic heterocycles. The van der Waals surface area contributed by atoms with E-state index in [9.17, 15) is 9.50 Å². The minimum absolute atomic E-state index is 0.227. The lowest BCUT2D eigenvalue weighted by Gasteiger charge is -2.30. The summed E-state index contributed by atoms with van der Waals surface area (Å²) in [4.78, 5) is 7.27. The fourth-order valence-corrected chi connectivity index (χ4v) is 4.93. The summed E-state index contributed by atoms with van der Waals surface area (Å²) in [7, 11) is 0. The average Bonchev–Trinajstić information content (AvgIpc) is 3.50. The summed E-state index contributed by atoms with van der Waals surface area (Å²) in [6.45, 7) is 0.463. The van der Waals surface area contributed by atoms with Crippen molar-refractivity contribution in [3.8, 4) is 5.75 Å². The Morgan fingerprint density at radius 3 is 2.95 bits per heavy atom. The first-order valence-electron chi connectivity index (χ1n) is 12.3. The zero-order valence-electron chi connectivity index (χ0n) is 20.2. The largest absolute Gasteiger partial charge is 0.488 e. The first-order valence-corrected chi connectivity index (χ1v) is 12.3. The number of halogens is 1. The monoisotopic (exact) mass is 513 g/mol. The number of hydrogen-bond donors (Lipinski definition) is 2. The molecule has 192 valence electrons. The van der Waals surface area contributed by atoms with Crippen LogP contribution in [0.2, 0.25) is 0 Å². The maximum Gasteiger partial charge on any atom is 0.162 e. The molecule has 0 amide bonds. The van der Waals surface area contributed by atoms with Gasteiger partial charge in [0.2, 0.25) is 0 Å². The van der Waals surface area contributed by atoms with Gasteiger partial charge >= 0.3 is 0 Å². The number of benzene rings is 2. The highest BCUT2D eigenvalue weighted by Gasteiger charge is 2.30. The Hall–Kier alpha value is -4.67. The van der Waals surface area contributed by atoms with Crippen molar-refractivity contribution >= 4 is 27.9 Å². The molecule has 5 aromatic rings. The van der Waals surface area contributed by atoms with E-state index in [0.29, 0.717) is 42.9 Å². The Morgan fingerprint density at radius 1 is 1.18 bits per heavy atom. The van der Waals surface area contributed by atoms with Crippen molar-refractivity contribution in [2.45, 2.75) is 44.1 Å². The van der Waals surface area contributed by atoms with Crippen LogP contribution in [0.3, 0.4) is 0 Å². The average molecular weight is 514 g/mol. The van der Waals surface area contributed by atoms with Gasteiger partial charge in [-0.15, -0.1) is 0 Å². The van der Waals surface area contributed by atoms with Gasteiger partial charge in [-0.1, -0.05) is 17.2 Å². The quantitative estimate of drug-likeness (QED) is 0.179. The molecule has 6 rings (SSSR count). The van der Waals surface area contributed by atoms with Gasteiger partial charge in [-0.05, 0) is 54.3 Å². The Labute approximate surface area is 216 Å². The van der Waals surface area contributed by atoms with Crippen LogP contribution in [0.25, 0.3) is 26.9 Å². The molecule has 3 atom stereocenters. The van der Waals surface area contributed by atoms with Crippen molar-refractivity contribution in [3.63, 3.8) is 0 Å². The van der Waals surface area contributed by atoms with Gasteiger partial charge in [0.05, 0.1) is 30.4 Å². The SMILES string of the molecule is [N-]=[N+]=NC1CCC(Oc2ccn3ncnc(Nc4ccc5c(cnn5Cc5cccc(F)c5)c4)c23)CC1O. The number of aliphatic hydroxyl groups is 1. The molecule has 1 saturated carbocycles. The third-order valence-electron chi connectivity index (χ3n) is 6.77. The second-order valence-corrected chi connectivity index (χ2v) is 9.31. The third-order valence-corrected chi connectivity index (χ3v) is 6.77. The lowest BCUT2D eigenvalue weighted by Crippen LogP contribution is -2.37. The normalized spacial score (nSPS) is 19.4. The summed E-state index contributed by atoms with van der Waals surface area (Å²) < 4.78 is 23.4. The summed E-state index contributed by atoms with van der Waals surface area (Å²) in [5.74, 6) is 0.888. The van der Waals surface area contributed by atoms with E-state index in [1.807, 2.05) is 35.0 Å². The standard InChI is InChI=1S/C26H24FN9O2/c27-18-3-1-2-16(10-18)14-36-22-7-4-19(11-17(22)13-30-36)32-26-25-24(8-9-35(25)31-15-29-26)38-20-5-6-21(33-34-28)23(37)12-20/h1-4,7-11,13,15,20-21,23,37H,5-6,12,14H2,(H,29,31,32). The number of fused-ring (bicyclic) bond motifs is 2. The van der Waals surface area contributed by atoms with Gasteiger partial charge < -0.3 is 15.2 Å². The first kappa shape index (κ1) is 23.7. The smallest absolute Gasteiger partial charge is 0.162 e. The van der Waals surface area contributed by atoms with Crippen LogP contribution in [0.1, 0.15) is 24.8 Å². The van der Waals surface area contributed by atoms with Gasteiger partial charge in [0.25, 0.3) is 0 Å². The summed E-state index contributed by atoms with van der Waals surface area (Å²) in [6.07, 6.45) is 5.63. The maximum absolute atomic E-state index is 13.6. The number of hydrogen-bond acceptors (Lipinski definition) is 7. The number of aromatic nitrogens is 5. The molecule has 1 fully saturated rings. The van der Waals surface area contributed by atoms with E-state index in [4.69, 9.17) is 10.3 Å². The molecule has 3 aromatic heterocycles. The van der Waals surface area contributed by atoms with E-state index in [2.05, 4.69) is 30.5 Å². The van der Waals surface area contributed by atoms with E-state index in [-0.39, 0.29) is 11.9 Å². The molecule has 3 heterocycles. The minimum atomic E-state index is -0.749. The summed E-state index contributed by atoms with van der Waals surface area (Å²) in [5, 5.41) is 27.1. The van der Waals surface area contributed by atoms with Gasteiger partial charge in [-0.2, -0.15) is 10.2 Å². The van der Waals surface area contributed by atoms with Gasteiger partial charge in [0.15, 0.2) is 11.6 Å². The van der Waals surface area contributed by atoms with Gasteiger partial charge in [-0.3, -0.25) is 4.68 Å². The van der Waals surface area contributed by atoms with Crippen LogP contribution >= 0.6 is 0 Å². The number of azide groups is 1. The van der Waals surface area contributed by atoms with E-state index in [0.717, 1.165) is 22.2 Å². The molecule has 11 nitrogen and oxygen atoms in total. The van der Waals surface area contributed by atoms with Crippen molar-refractivity contribution in [2.75, 3.05) is 5.32 Å². The van der Waals surface area contributed by atoms with Crippen LogP contribution in [-0.2, 0) is 6.54 Å². The molecule has 3 unspecified atom stereocenters. The Balaban J connectivity index is 1.23. The van der Waals surface area contributed by atoms with Gasteiger partial charge in [0, 0.05) is 34.7 Å². The predicted octanol–water partition coefficient (Wildman–Crippen LogP) is 4.98. The van der Waals surface area contributed by atoms with Crippen molar-refractivity contribution in [1.82, 2.24) is 24.4 Å². The lowest BCUT2D eigenvalue weighted by atomic mass is 9.91. The first-order chi connectivity index (χ1) is 18.6. The molecule has 38 heavy (non-hydrogen) atoms. The van der Waals surface area contributed by atoms with Crippen LogP contribution in [0, 0.1) is 5.82 Å². The molecule has 2 aromatic carbocycles. The van der Waals surface area contributed by atoms with Crippen molar-refractivity contribution in [2.24, 2.45) is 5.11 Å². The van der Waals surface area contributed by atoms with Crippen molar-refractivity contribution in [1.29, 1.82) is 0 Å². The van der Waals surface area contributed by atoms with Crippen molar-refractivity contribution < 1.29 is 14.2 Å². The zero-order chi connectivity index (χ0) is 26.1. The van der Waals surface area contributed by atoms with Crippen molar-refractivity contribution in [3.05, 3.63) is 89.1 Å². The number of ether oxygens (including phenoxy) is 1. The second-order valence-electron chi connectivity index (χ2n) is 9.31. The number of anilines is 2. The van der Waals surface area contributed by atoms with Crippen LogP contribution in [0.15, 0.2) is 72.4 Å². The zero-order valence-corrected chi connectivity index (χ0v) is 20.2. The third kappa shape index (κ3) is 4.70. The fraction of sp³-hybridized carbons (Fsp3) is 0.269. The summed E-state index contributed by atoms with van der Waals surface area (Å²) in [6, 6.07) is 13.7. The van der Waals surface area contributed by atoms with E-state index in [1.165, 1.54) is 18.5 Å². The number of nitrogens with one attached hydrogen (secondary N) is 1. The Morgan fingerprint density at radius 2 is 2.11 bits per heavy atom. The molecule has 1 aliphatic rings. The molecule has 0 radical (unpaired) electrons. The second kappa shape index (κ2) is 10.0. The number of rotatable bonds is 7. The number of aliphatic hydroxyl groups excluding tert-OH is 1. The molecule has 0 bridgehead atoms. The summed E-state index contributed by atoms with van der Waals surface area (Å²) in [5.41, 5.74) is 11.9. The van der Waals surface area contributed by atoms with Crippen LogP contribution < -0.4 is 10.1 Å². The lowest BCUT2D eigenvalue weighted by molar-refractivity contribution is 0.0400. The highest BCUT2D eigenvalue weighted by atomic mass is 19.1. The van der Waals surface area contributed by atoms with E-state index >= 15 is 0 Å². The molecule has 0 spiro atoms. The van der Waals surface area contributed by atoms with Gasteiger partial charge in [-0.25, -0.2) is 13.9 Å². The molecule has 0 saturated heterocycles. The molecular weight excluding hydrogens is 489 g/mol. The minimum Gasteiger partial charge on any atom is -0.488 e. The fourth-order valence-electron chi connectivity index (χ4n) is 4.93. The Bertz CT molecular complexity index is 1660. The predicted molar refractivity (Wildman–Crippen MR) is 139 cm³/mol. The molecule has 12 heteroatoms. The van der Waals surface area contributed by atoms with Gasteiger partial charge in [0.1, 0.15) is 23.8 Å². The van der Waals surface area contributed by atoms with E-state index < -0.39 is 12.1 Å².